The standard InChI is InChI=1S/2C34H25F5N4O4/c2*1-34(2)16-46-15-29(34)43-28-10-20(33(44)45)9-26(39)31(28)42-30(43)11-19-8-25(38)21(12-24(19)37)27-6-5-22(35)32(41-27)47-14-18-4-3-17(13-40)7-23(18)36/h2*3-10,12,29H,11,14-16H2,1-2H3,(H,44,45)/t2*29-/m11/s1. The first kappa shape index (κ1) is 64.8. The first-order valence-electron chi connectivity index (χ1n) is 28.7. The molecular formula is C68H50F10N8O8. The van der Waals surface area contributed by atoms with Gasteiger partial charge < -0.3 is 38.3 Å². The van der Waals surface area contributed by atoms with Crippen LogP contribution in [0.25, 0.3) is 44.6 Å². The second-order valence-corrected chi connectivity index (χ2v) is 23.7. The Bertz CT molecular complexity index is 4510. The van der Waals surface area contributed by atoms with E-state index in [9.17, 15) is 37.4 Å². The fourth-order valence-electron chi connectivity index (χ4n) is 11.2. The second-order valence-electron chi connectivity index (χ2n) is 23.7. The Morgan fingerprint density at radius 2 is 0.872 bits per heavy atom. The molecule has 16 nitrogen and oxygen atoms in total. The zero-order chi connectivity index (χ0) is 67.2. The number of nitriles is 2. The molecule has 2 saturated heterocycles. The number of ether oxygens (including phenoxy) is 4. The van der Waals surface area contributed by atoms with Crippen molar-refractivity contribution in [1.82, 2.24) is 29.1 Å². The highest BCUT2D eigenvalue weighted by Crippen LogP contribution is 2.43. The topological polar surface area (TPSA) is 221 Å². The molecule has 6 heterocycles. The van der Waals surface area contributed by atoms with Crippen LogP contribution < -0.4 is 9.47 Å². The van der Waals surface area contributed by atoms with Crippen molar-refractivity contribution in [3.05, 3.63) is 224 Å². The third kappa shape index (κ3) is 12.9. The van der Waals surface area contributed by atoms with Gasteiger partial charge in [-0.2, -0.15) is 10.5 Å². The maximum Gasteiger partial charge on any atom is 0.335 e. The molecule has 0 amide bonds. The number of aromatic carboxylic acids is 2. The number of imidazole rings is 2. The molecule has 4 aromatic heterocycles. The molecule has 2 fully saturated rings. The summed E-state index contributed by atoms with van der Waals surface area (Å²) in [5, 5.41) is 36.9. The largest absolute Gasteiger partial charge is 0.478 e. The Kier molecular flexibility index (Phi) is 17.8. The second kappa shape index (κ2) is 25.8. The predicted molar refractivity (Wildman–Crippen MR) is 316 cm³/mol. The average molecular weight is 1300 g/mol. The van der Waals surface area contributed by atoms with Crippen LogP contribution in [0, 0.1) is 91.7 Å². The molecule has 0 spiro atoms. The van der Waals surface area contributed by atoms with E-state index in [1.807, 2.05) is 27.7 Å². The van der Waals surface area contributed by atoms with Crippen molar-refractivity contribution in [3.8, 4) is 46.4 Å². The van der Waals surface area contributed by atoms with Crippen LogP contribution >= 0.6 is 0 Å². The number of hydrogen-bond acceptors (Lipinski definition) is 12. The summed E-state index contributed by atoms with van der Waals surface area (Å²) >= 11 is 0. The number of halogens is 10. The Balaban J connectivity index is 0.000000192. The predicted octanol–water partition coefficient (Wildman–Crippen LogP) is 14.3. The lowest BCUT2D eigenvalue weighted by Gasteiger charge is -2.28. The summed E-state index contributed by atoms with van der Waals surface area (Å²) in [5.74, 6) is -12.1. The number of benzene rings is 6. The van der Waals surface area contributed by atoms with E-state index < -0.39 is 118 Å². The SMILES string of the molecule is CC1(C)COC[C@H]1n1c(Cc2cc(F)c(-c3ccc(F)c(OCc4ccc(C#N)cc4F)n3)cc2F)nc2c(F)cc(C(=O)O)cc21.CC1(C)COC[C@H]1n1c(Cc2cc(F)c(-c3ccc(F)c(OCc4ccc(C#N)cc4F)n3)cc2F)nc2c(F)cc(C(=O)O)cc21. The minimum Gasteiger partial charge on any atom is -0.478 e. The van der Waals surface area contributed by atoms with Crippen LogP contribution in [0.3, 0.4) is 0 Å². The number of hydrogen-bond donors (Lipinski definition) is 2. The van der Waals surface area contributed by atoms with Gasteiger partial charge in [-0.15, -0.1) is 0 Å². The van der Waals surface area contributed by atoms with Gasteiger partial charge >= 0.3 is 11.9 Å². The molecule has 94 heavy (non-hydrogen) atoms. The van der Waals surface area contributed by atoms with Crippen LogP contribution in [0.1, 0.15) is 106 Å². The number of carbonyl (C=O) groups is 2. The van der Waals surface area contributed by atoms with Gasteiger partial charge in [-0.05, 0) is 108 Å². The molecule has 2 aliphatic rings. The molecule has 12 rings (SSSR count). The Morgan fingerprint density at radius 1 is 0.489 bits per heavy atom. The smallest absolute Gasteiger partial charge is 0.335 e. The highest BCUT2D eigenvalue weighted by atomic mass is 19.2. The molecule has 0 saturated carbocycles. The number of carboxylic acid groups (broad SMARTS) is 2. The lowest BCUT2D eigenvalue weighted by molar-refractivity contribution is 0.0686. The Labute approximate surface area is 527 Å². The zero-order valence-corrected chi connectivity index (χ0v) is 49.9. The molecule has 2 aliphatic heterocycles. The van der Waals surface area contributed by atoms with E-state index in [-0.39, 0.29) is 127 Å². The molecule has 0 aliphatic carbocycles. The number of carboxylic acids is 2. The van der Waals surface area contributed by atoms with Crippen LogP contribution in [-0.4, -0.2) is 77.6 Å². The van der Waals surface area contributed by atoms with Gasteiger partial charge in [0.1, 0.15) is 70.8 Å². The first-order valence-corrected chi connectivity index (χ1v) is 28.7. The van der Waals surface area contributed by atoms with E-state index in [1.165, 1.54) is 36.4 Å². The van der Waals surface area contributed by atoms with Gasteiger partial charge in [0.15, 0.2) is 23.3 Å². The molecular weight excluding hydrogens is 1250 g/mol. The van der Waals surface area contributed by atoms with Crippen LogP contribution in [0.4, 0.5) is 43.9 Å². The fraction of sp³-hybridized carbons (Fsp3) is 0.235. The van der Waals surface area contributed by atoms with Gasteiger partial charge in [-0.25, -0.2) is 73.4 Å². The third-order valence-corrected chi connectivity index (χ3v) is 16.3. The van der Waals surface area contributed by atoms with Crippen molar-refractivity contribution in [3.63, 3.8) is 0 Å². The number of rotatable bonds is 16. The number of pyridine rings is 2. The number of fused-ring (bicyclic) bond motifs is 2. The van der Waals surface area contributed by atoms with E-state index >= 15 is 26.3 Å². The minimum absolute atomic E-state index is 0.0230. The van der Waals surface area contributed by atoms with E-state index in [2.05, 4.69) is 19.9 Å². The van der Waals surface area contributed by atoms with Gasteiger partial charge in [-0.1, -0.05) is 39.8 Å². The van der Waals surface area contributed by atoms with Gasteiger partial charge in [-0.3, -0.25) is 0 Å². The molecule has 6 aromatic carbocycles. The highest BCUT2D eigenvalue weighted by Gasteiger charge is 2.41. The minimum atomic E-state index is -1.34. The lowest BCUT2D eigenvalue weighted by atomic mass is 9.87. The summed E-state index contributed by atoms with van der Waals surface area (Å²) < 4.78 is 175. The monoisotopic (exact) mass is 1300 g/mol. The fourth-order valence-corrected chi connectivity index (χ4v) is 11.2. The molecule has 26 heteroatoms. The normalized spacial score (nSPS) is 15.6. The molecule has 10 aromatic rings. The molecule has 0 unspecified atom stereocenters. The Morgan fingerprint density at radius 3 is 1.21 bits per heavy atom. The molecule has 2 N–H and O–H groups in total. The summed E-state index contributed by atoms with van der Waals surface area (Å²) in [7, 11) is 0. The Hall–Kier alpha value is -10.7. The van der Waals surface area contributed by atoms with E-state index in [4.69, 9.17) is 29.5 Å². The first-order chi connectivity index (χ1) is 44.7. The summed E-state index contributed by atoms with van der Waals surface area (Å²) in [6.45, 7) is 7.91. The summed E-state index contributed by atoms with van der Waals surface area (Å²) in [6, 6.07) is 22.2. The highest BCUT2D eigenvalue weighted by molar-refractivity contribution is 5.94. The summed E-state index contributed by atoms with van der Waals surface area (Å²) in [6.07, 6.45) is -0.568. The van der Waals surface area contributed by atoms with E-state index in [0.717, 1.165) is 72.8 Å². The van der Waals surface area contributed by atoms with Gasteiger partial charge in [0.2, 0.25) is 0 Å². The maximum atomic E-state index is 15.6. The van der Waals surface area contributed by atoms with Crippen molar-refractivity contribution < 1.29 is 82.7 Å². The van der Waals surface area contributed by atoms with Crippen molar-refractivity contribution in [1.29, 1.82) is 10.5 Å². The lowest BCUT2D eigenvalue weighted by Crippen LogP contribution is -2.27. The van der Waals surface area contributed by atoms with Crippen LogP contribution in [0.2, 0.25) is 0 Å². The van der Waals surface area contributed by atoms with Crippen molar-refractivity contribution in [2.75, 3.05) is 26.4 Å². The summed E-state index contributed by atoms with van der Waals surface area (Å²) in [5.41, 5.74) is -2.39. The van der Waals surface area contributed by atoms with Crippen molar-refractivity contribution in [2.24, 2.45) is 10.8 Å². The zero-order valence-electron chi connectivity index (χ0n) is 49.9. The molecule has 0 bridgehead atoms. The molecule has 0 radical (unpaired) electrons. The summed E-state index contributed by atoms with van der Waals surface area (Å²) in [4.78, 5) is 40.1. The van der Waals surface area contributed by atoms with Gasteiger partial charge in [0.05, 0.1) is 95.3 Å². The maximum absolute atomic E-state index is 15.6. The average Bonchev–Trinajstić information content (AvgIpc) is 1.59. The third-order valence-electron chi connectivity index (χ3n) is 16.3. The van der Waals surface area contributed by atoms with Crippen LogP contribution in [0.5, 0.6) is 11.8 Å². The van der Waals surface area contributed by atoms with Crippen LogP contribution in [-0.2, 0) is 35.5 Å². The van der Waals surface area contributed by atoms with Crippen molar-refractivity contribution in [2.45, 2.75) is 65.8 Å². The molecule has 2 atom stereocenters. The van der Waals surface area contributed by atoms with Gasteiger partial charge in [0.25, 0.3) is 11.8 Å². The number of aromatic nitrogens is 6. The quantitative estimate of drug-likeness (QED) is 0.0860. The van der Waals surface area contributed by atoms with E-state index in [0.29, 0.717) is 13.2 Å². The van der Waals surface area contributed by atoms with Gasteiger partial charge in [0, 0.05) is 45.9 Å². The van der Waals surface area contributed by atoms with Crippen molar-refractivity contribution >= 4 is 34.0 Å². The van der Waals surface area contributed by atoms with Crippen LogP contribution in [0.15, 0.2) is 109 Å². The van der Waals surface area contributed by atoms with E-state index in [1.54, 1.807) is 21.3 Å². The molecule has 480 valence electrons. The number of nitrogens with zero attached hydrogens (tertiary/aromatic N) is 8.